The lowest BCUT2D eigenvalue weighted by molar-refractivity contribution is 0.289. The molecule has 8 nitrogen and oxygen atoms in total. The predicted octanol–water partition coefficient (Wildman–Crippen LogP) is 6.12. The fourth-order valence-electron chi connectivity index (χ4n) is 3.71. The summed E-state index contributed by atoms with van der Waals surface area (Å²) in [7, 11) is 1.37. The maximum absolute atomic E-state index is 13.6. The molecule has 2 aromatic carbocycles. The van der Waals surface area contributed by atoms with Crippen molar-refractivity contribution in [1.82, 2.24) is 19.6 Å². The predicted molar refractivity (Wildman–Crippen MR) is 150 cm³/mol. The van der Waals surface area contributed by atoms with Crippen molar-refractivity contribution in [3.05, 3.63) is 65.9 Å². The zero-order chi connectivity index (χ0) is 27.5. The van der Waals surface area contributed by atoms with Crippen molar-refractivity contribution in [1.29, 1.82) is 0 Å². The number of fused-ring (bicyclic) bond motifs is 1. The Morgan fingerprint density at radius 2 is 1.74 bits per heavy atom. The number of hydrogen-bond acceptors (Lipinski definition) is 7. The van der Waals surface area contributed by atoms with Gasteiger partial charge in [0.15, 0.2) is 25.6 Å². The average molecular weight is 538 g/mol. The van der Waals surface area contributed by atoms with Crippen LogP contribution in [0.2, 0.25) is 18.1 Å². The molecule has 0 saturated heterocycles. The minimum atomic E-state index is -1.87. The minimum Gasteiger partial charge on any atom is -0.497 e. The van der Waals surface area contributed by atoms with E-state index in [9.17, 15) is 4.39 Å². The molecule has 4 aromatic rings. The molecule has 10 heteroatoms. The number of aromatic nitrogens is 4. The number of ether oxygens (including phenoxy) is 2. The molecule has 2 aromatic heterocycles. The zero-order valence-corrected chi connectivity index (χ0v) is 24.1. The minimum absolute atomic E-state index is 0.132. The van der Waals surface area contributed by atoms with Gasteiger partial charge in [-0.15, -0.1) is 0 Å². The number of anilines is 1. The number of nitrogens with zero attached hydrogens (tertiary/aromatic N) is 4. The molecule has 0 radical (unpaired) electrons. The number of benzene rings is 2. The van der Waals surface area contributed by atoms with Gasteiger partial charge in [0.1, 0.15) is 17.3 Å². The Balaban J connectivity index is 1.64. The second-order valence-corrected chi connectivity index (χ2v) is 15.5. The third-order valence-electron chi connectivity index (χ3n) is 7.04. The summed E-state index contributed by atoms with van der Waals surface area (Å²) >= 11 is 0. The third kappa shape index (κ3) is 6.13. The van der Waals surface area contributed by atoms with Crippen LogP contribution in [0.15, 0.2) is 48.7 Å². The topological polar surface area (TPSA) is 82.8 Å². The summed E-state index contributed by atoms with van der Waals surface area (Å²) < 4.78 is 32.5. The molecule has 0 amide bonds. The smallest absolute Gasteiger partial charge is 0.198 e. The lowest BCUT2D eigenvalue weighted by atomic mass is 10.1. The van der Waals surface area contributed by atoms with Crippen molar-refractivity contribution in [2.75, 3.05) is 26.1 Å². The first-order valence-electron chi connectivity index (χ1n) is 12.6. The van der Waals surface area contributed by atoms with Crippen LogP contribution in [-0.2, 0) is 17.4 Å². The Bertz CT molecular complexity index is 1400. The summed E-state index contributed by atoms with van der Waals surface area (Å²) in [6.07, 6.45) is 2.40. The number of rotatable bonds is 10. The molecule has 202 valence electrons. The first-order valence-corrected chi connectivity index (χ1v) is 15.5. The van der Waals surface area contributed by atoms with Crippen molar-refractivity contribution in [2.24, 2.45) is 0 Å². The molecule has 0 fully saturated rings. The Morgan fingerprint density at radius 1 is 1.00 bits per heavy atom. The van der Waals surface area contributed by atoms with Gasteiger partial charge in [0.25, 0.3) is 0 Å². The van der Waals surface area contributed by atoms with Crippen LogP contribution in [0.5, 0.6) is 11.5 Å². The Hall–Kier alpha value is -3.50. The maximum atomic E-state index is 13.6. The molecule has 0 aliphatic rings. The van der Waals surface area contributed by atoms with Gasteiger partial charge in [-0.25, -0.2) is 18.9 Å². The van der Waals surface area contributed by atoms with Gasteiger partial charge in [0.2, 0.25) is 0 Å². The first-order chi connectivity index (χ1) is 18.0. The van der Waals surface area contributed by atoms with E-state index in [4.69, 9.17) is 29.0 Å². The molecule has 0 atom stereocenters. The summed E-state index contributed by atoms with van der Waals surface area (Å²) in [5, 5.41) is 8.25. The van der Waals surface area contributed by atoms with E-state index in [-0.39, 0.29) is 10.9 Å². The van der Waals surface area contributed by atoms with E-state index in [1.165, 1.54) is 12.1 Å². The van der Waals surface area contributed by atoms with Crippen molar-refractivity contribution in [3.8, 4) is 22.8 Å². The molecule has 0 spiro atoms. The summed E-state index contributed by atoms with van der Waals surface area (Å²) in [5.74, 6) is 2.35. The van der Waals surface area contributed by atoms with Gasteiger partial charge in [0, 0.05) is 36.8 Å². The van der Waals surface area contributed by atoms with E-state index >= 15 is 0 Å². The van der Waals surface area contributed by atoms with Gasteiger partial charge in [-0.1, -0.05) is 20.8 Å². The SMILES string of the molecule is COc1ccc(CNc2nc(-c3ccc(F)cc3)cn3nc(CCO[Si](C)(C)C(C)(C)C)nc23)c(OC)c1. The molecule has 0 saturated carbocycles. The van der Waals surface area contributed by atoms with Crippen LogP contribution >= 0.6 is 0 Å². The van der Waals surface area contributed by atoms with Crippen LogP contribution in [0.1, 0.15) is 32.2 Å². The van der Waals surface area contributed by atoms with E-state index in [0.29, 0.717) is 54.1 Å². The largest absolute Gasteiger partial charge is 0.497 e. The Kier molecular flexibility index (Phi) is 8.03. The molecular weight excluding hydrogens is 501 g/mol. The third-order valence-corrected chi connectivity index (χ3v) is 11.6. The summed E-state index contributed by atoms with van der Waals surface area (Å²) in [6, 6.07) is 11.9. The zero-order valence-electron chi connectivity index (χ0n) is 23.1. The Labute approximate surface area is 224 Å². The summed E-state index contributed by atoms with van der Waals surface area (Å²) in [6.45, 7) is 12.1. The van der Waals surface area contributed by atoms with Crippen LogP contribution in [0, 0.1) is 5.82 Å². The molecule has 0 unspecified atom stereocenters. The van der Waals surface area contributed by atoms with Gasteiger partial charge in [-0.2, -0.15) is 5.10 Å². The van der Waals surface area contributed by atoms with Crippen LogP contribution < -0.4 is 14.8 Å². The van der Waals surface area contributed by atoms with Crippen LogP contribution in [-0.4, -0.2) is 48.7 Å². The quantitative estimate of drug-likeness (QED) is 0.244. The molecular formula is C28H36FN5O3Si. The molecule has 1 N–H and O–H groups in total. The molecule has 0 aliphatic heterocycles. The van der Waals surface area contributed by atoms with Crippen molar-refractivity contribution in [2.45, 2.75) is 51.9 Å². The van der Waals surface area contributed by atoms with Crippen molar-refractivity contribution >= 4 is 19.8 Å². The highest BCUT2D eigenvalue weighted by Crippen LogP contribution is 2.36. The van der Waals surface area contributed by atoms with Gasteiger partial charge < -0.3 is 19.2 Å². The van der Waals surface area contributed by atoms with Crippen molar-refractivity contribution < 1.29 is 18.3 Å². The van der Waals surface area contributed by atoms with Gasteiger partial charge in [-0.3, -0.25) is 0 Å². The number of halogens is 1. The van der Waals surface area contributed by atoms with Crippen LogP contribution in [0.25, 0.3) is 16.9 Å². The average Bonchev–Trinajstić information content (AvgIpc) is 3.29. The van der Waals surface area contributed by atoms with E-state index in [1.54, 1.807) is 30.9 Å². The molecule has 2 heterocycles. The fourth-order valence-corrected chi connectivity index (χ4v) is 4.75. The maximum Gasteiger partial charge on any atom is 0.198 e. The fraction of sp³-hybridized carbons (Fsp3) is 0.393. The van der Waals surface area contributed by atoms with E-state index in [0.717, 1.165) is 11.1 Å². The normalized spacial score (nSPS) is 12.1. The summed E-state index contributed by atoms with van der Waals surface area (Å²) in [4.78, 5) is 9.60. The van der Waals surface area contributed by atoms with Gasteiger partial charge >= 0.3 is 0 Å². The molecule has 4 rings (SSSR count). The van der Waals surface area contributed by atoms with Gasteiger partial charge in [0.05, 0.1) is 26.1 Å². The van der Waals surface area contributed by atoms with E-state index in [2.05, 4.69) is 39.2 Å². The number of hydrogen-bond donors (Lipinski definition) is 1. The van der Waals surface area contributed by atoms with Crippen LogP contribution in [0.4, 0.5) is 10.2 Å². The monoisotopic (exact) mass is 537 g/mol. The van der Waals surface area contributed by atoms with Crippen LogP contribution in [0.3, 0.4) is 0 Å². The lowest BCUT2D eigenvalue weighted by Crippen LogP contribution is -2.41. The van der Waals surface area contributed by atoms with E-state index in [1.807, 2.05) is 24.4 Å². The highest BCUT2D eigenvalue weighted by molar-refractivity contribution is 6.74. The van der Waals surface area contributed by atoms with Gasteiger partial charge in [-0.05, 0) is 54.5 Å². The molecule has 0 aliphatic carbocycles. The van der Waals surface area contributed by atoms with E-state index < -0.39 is 8.32 Å². The number of nitrogens with one attached hydrogen (secondary N) is 1. The molecule has 0 bridgehead atoms. The standard InChI is InChI=1S/C28H36FN5O3Si/c1-28(2,3)38(6,7)37-15-14-25-32-27-26(30-17-20-10-13-22(35-4)16-24(20)36-5)31-23(18-34(27)33-25)19-8-11-21(29)12-9-19/h8-13,16,18H,14-15,17H2,1-7H3,(H,30,31). The Morgan fingerprint density at radius 3 is 2.39 bits per heavy atom. The molecule has 38 heavy (non-hydrogen) atoms. The second-order valence-electron chi connectivity index (χ2n) is 10.7. The van der Waals surface area contributed by atoms with Crippen molar-refractivity contribution in [3.63, 3.8) is 0 Å². The highest BCUT2D eigenvalue weighted by Gasteiger charge is 2.37. The first kappa shape index (κ1) is 27.5. The lowest BCUT2D eigenvalue weighted by Gasteiger charge is -2.36. The summed E-state index contributed by atoms with van der Waals surface area (Å²) in [5.41, 5.74) is 2.96. The number of methoxy groups -OCH3 is 2. The highest BCUT2D eigenvalue weighted by atomic mass is 28.4. The second kappa shape index (κ2) is 11.1.